The molecule has 3 fully saturated rings. The summed E-state index contributed by atoms with van der Waals surface area (Å²) in [5.74, 6) is 1.26. The Labute approximate surface area is 166 Å². The minimum absolute atomic E-state index is 0.121. The molecule has 1 saturated carbocycles. The van der Waals surface area contributed by atoms with Gasteiger partial charge in [0, 0.05) is 44.1 Å². The zero-order valence-electron chi connectivity index (χ0n) is 16.8. The van der Waals surface area contributed by atoms with E-state index >= 15 is 0 Å². The van der Waals surface area contributed by atoms with E-state index in [9.17, 15) is 14.7 Å². The van der Waals surface area contributed by atoms with E-state index in [1.807, 2.05) is 41.0 Å². The molecule has 1 atom stereocenters. The van der Waals surface area contributed by atoms with Crippen LogP contribution < -0.4 is 4.74 Å². The molecule has 3 aliphatic rings. The SMILES string of the molecule is COc1cccc(CC2(C(=O)N3CCC(CO)C3)CN(C(=O)C3(C)CC3)C2)c1. The van der Waals surface area contributed by atoms with Crippen LogP contribution in [0, 0.1) is 16.7 Å². The number of hydrogen-bond acceptors (Lipinski definition) is 4. The number of likely N-dealkylation sites (tertiary alicyclic amines) is 2. The monoisotopic (exact) mass is 386 g/mol. The summed E-state index contributed by atoms with van der Waals surface area (Å²) in [4.78, 5) is 30.0. The Hall–Kier alpha value is -2.08. The van der Waals surface area contributed by atoms with Gasteiger partial charge in [-0.3, -0.25) is 9.59 Å². The molecule has 1 aliphatic carbocycles. The minimum Gasteiger partial charge on any atom is -0.497 e. The smallest absolute Gasteiger partial charge is 0.232 e. The zero-order chi connectivity index (χ0) is 19.9. The Morgan fingerprint density at radius 1 is 1.21 bits per heavy atom. The van der Waals surface area contributed by atoms with Crippen LogP contribution >= 0.6 is 0 Å². The number of carbonyl (C=O) groups is 2. The Balaban J connectivity index is 1.53. The number of amides is 2. The number of nitrogens with zero attached hydrogens (tertiary/aromatic N) is 2. The molecule has 2 aliphatic heterocycles. The average Bonchev–Trinajstić information content (AvgIpc) is 3.25. The Kier molecular flexibility index (Phi) is 4.86. The van der Waals surface area contributed by atoms with Gasteiger partial charge in [-0.05, 0) is 43.4 Å². The molecule has 28 heavy (non-hydrogen) atoms. The lowest BCUT2D eigenvalue weighted by Gasteiger charge is -2.51. The number of carbonyl (C=O) groups excluding carboxylic acids is 2. The number of methoxy groups -OCH3 is 1. The third-order valence-electron chi connectivity index (χ3n) is 6.75. The summed E-state index contributed by atoms with van der Waals surface area (Å²) >= 11 is 0. The van der Waals surface area contributed by atoms with E-state index in [-0.39, 0.29) is 29.8 Å². The summed E-state index contributed by atoms with van der Waals surface area (Å²) in [6.07, 6.45) is 3.34. The van der Waals surface area contributed by atoms with Crippen LogP contribution in [-0.2, 0) is 16.0 Å². The van der Waals surface area contributed by atoms with Gasteiger partial charge in [-0.25, -0.2) is 0 Å². The summed E-state index contributed by atoms with van der Waals surface area (Å²) in [5, 5.41) is 9.44. The van der Waals surface area contributed by atoms with E-state index in [2.05, 4.69) is 0 Å². The Bertz CT molecular complexity index is 768. The lowest BCUT2D eigenvalue weighted by molar-refractivity contribution is -0.162. The molecule has 6 nitrogen and oxygen atoms in total. The van der Waals surface area contributed by atoms with Crippen LogP contribution in [-0.4, -0.2) is 66.6 Å². The third kappa shape index (κ3) is 3.39. The summed E-state index contributed by atoms with van der Waals surface area (Å²) in [6, 6.07) is 7.83. The Morgan fingerprint density at radius 3 is 2.57 bits per heavy atom. The van der Waals surface area contributed by atoms with Gasteiger partial charge < -0.3 is 19.6 Å². The number of aliphatic hydroxyl groups excluding tert-OH is 1. The van der Waals surface area contributed by atoms with Crippen molar-refractivity contribution in [3.63, 3.8) is 0 Å². The van der Waals surface area contributed by atoms with Crippen LogP contribution in [0.5, 0.6) is 5.75 Å². The van der Waals surface area contributed by atoms with Crippen molar-refractivity contribution in [1.82, 2.24) is 9.80 Å². The molecular formula is C22H30N2O4. The predicted molar refractivity (Wildman–Crippen MR) is 105 cm³/mol. The van der Waals surface area contributed by atoms with Gasteiger partial charge in [-0.15, -0.1) is 0 Å². The van der Waals surface area contributed by atoms with Crippen LogP contribution in [0.2, 0.25) is 0 Å². The number of benzene rings is 1. The molecule has 0 radical (unpaired) electrons. The highest BCUT2D eigenvalue weighted by Gasteiger charge is 2.57. The fraction of sp³-hybridized carbons (Fsp3) is 0.636. The topological polar surface area (TPSA) is 70.1 Å². The van der Waals surface area contributed by atoms with E-state index in [4.69, 9.17) is 4.74 Å². The van der Waals surface area contributed by atoms with Crippen LogP contribution in [0.15, 0.2) is 24.3 Å². The molecule has 1 aromatic rings. The number of aliphatic hydroxyl groups is 1. The van der Waals surface area contributed by atoms with Crippen LogP contribution in [0.1, 0.15) is 31.7 Å². The first kappa shape index (κ1) is 19.2. The van der Waals surface area contributed by atoms with E-state index in [0.29, 0.717) is 32.6 Å². The minimum atomic E-state index is -0.572. The predicted octanol–water partition coefficient (Wildman–Crippen LogP) is 1.71. The molecule has 4 rings (SSSR count). The van der Waals surface area contributed by atoms with Crippen molar-refractivity contribution in [1.29, 1.82) is 0 Å². The van der Waals surface area contributed by atoms with E-state index in [1.165, 1.54) is 0 Å². The normalized spacial score (nSPS) is 24.6. The molecule has 1 unspecified atom stereocenters. The average molecular weight is 386 g/mol. The van der Waals surface area contributed by atoms with Crippen LogP contribution in [0.3, 0.4) is 0 Å². The molecule has 2 saturated heterocycles. The van der Waals surface area contributed by atoms with Crippen LogP contribution in [0.25, 0.3) is 0 Å². The van der Waals surface area contributed by atoms with E-state index in [0.717, 1.165) is 30.6 Å². The maximum absolute atomic E-state index is 13.5. The van der Waals surface area contributed by atoms with Gasteiger partial charge in [0.15, 0.2) is 0 Å². The molecule has 0 bridgehead atoms. The second-order valence-electron chi connectivity index (χ2n) is 9.12. The number of hydrogen-bond donors (Lipinski definition) is 1. The maximum Gasteiger partial charge on any atom is 0.232 e. The summed E-state index contributed by atoms with van der Waals surface area (Å²) < 4.78 is 5.33. The molecule has 6 heteroatoms. The second kappa shape index (κ2) is 7.07. The number of ether oxygens (including phenoxy) is 1. The Morgan fingerprint density at radius 2 is 1.96 bits per heavy atom. The highest BCUT2D eigenvalue weighted by Crippen LogP contribution is 2.49. The molecule has 1 N–H and O–H groups in total. The molecule has 0 aromatic heterocycles. The van der Waals surface area contributed by atoms with Gasteiger partial charge in [-0.1, -0.05) is 19.1 Å². The highest BCUT2D eigenvalue weighted by molar-refractivity contribution is 5.91. The first-order chi connectivity index (χ1) is 13.4. The van der Waals surface area contributed by atoms with E-state index < -0.39 is 5.41 Å². The van der Waals surface area contributed by atoms with Gasteiger partial charge in [0.1, 0.15) is 5.75 Å². The summed E-state index contributed by atoms with van der Waals surface area (Å²) in [7, 11) is 1.64. The second-order valence-corrected chi connectivity index (χ2v) is 9.12. The van der Waals surface area contributed by atoms with Crippen molar-refractivity contribution in [2.45, 2.75) is 32.6 Å². The third-order valence-corrected chi connectivity index (χ3v) is 6.75. The van der Waals surface area contributed by atoms with Crippen molar-refractivity contribution in [2.75, 3.05) is 39.9 Å². The van der Waals surface area contributed by atoms with Gasteiger partial charge in [-0.2, -0.15) is 0 Å². The van der Waals surface area contributed by atoms with Crippen molar-refractivity contribution < 1.29 is 19.4 Å². The van der Waals surface area contributed by atoms with Crippen molar-refractivity contribution in [2.24, 2.45) is 16.7 Å². The molecule has 152 valence electrons. The van der Waals surface area contributed by atoms with Crippen molar-refractivity contribution >= 4 is 11.8 Å². The molecule has 2 amide bonds. The van der Waals surface area contributed by atoms with Gasteiger partial charge in [0.05, 0.1) is 12.5 Å². The summed E-state index contributed by atoms with van der Waals surface area (Å²) in [6.45, 7) is 4.41. The largest absolute Gasteiger partial charge is 0.497 e. The molecule has 0 spiro atoms. The molecule has 1 aromatic carbocycles. The van der Waals surface area contributed by atoms with Crippen molar-refractivity contribution in [3.8, 4) is 5.75 Å². The number of rotatable bonds is 6. The first-order valence-electron chi connectivity index (χ1n) is 10.2. The van der Waals surface area contributed by atoms with Crippen molar-refractivity contribution in [3.05, 3.63) is 29.8 Å². The fourth-order valence-electron chi connectivity index (χ4n) is 4.61. The maximum atomic E-state index is 13.5. The fourth-order valence-corrected chi connectivity index (χ4v) is 4.61. The lowest BCUT2D eigenvalue weighted by Crippen LogP contribution is -2.66. The highest BCUT2D eigenvalue weighted by atomic mass is 16.5. The van der Waals surface area contributed by atoms with Gasteiger partial charge in [0.25, 0.3) is 0 Å². The standard InChI is InChI=1S/C22H30N2O4/c1-21(7-8-21)19(26)24-14-22(15-24,11-16-4-3-5-18(10-16)28-2)20(27)23-9-6-17(12-23)13-25/h3-5,10,17,25H,6-9,11-15H2,1-2H3. The van der Waals surface area contributed by atoms with Gasteiger partial charge in [0.2, 0.25) is 11.8 Å². The van der Waals surface area contributed by atoms with Gasteiger partial charge >= 0.3 is 0 Å². The van der Waals surface area contributed by atoms with Crippen LogP contribution in [0.4, 0.5) is 0 Å². The quantitative estimate of drug-likeness (QED) is 0.808. The first-order valence-corrected chi connectivity index (χ1v) is 10.2. The van der Waals surface area contributed by atoms with E-state index in [1.54, 1.807) is 7.11 Å². The molecular weight excluding hydrogens is 356 g/mol. The molecule has 2 heterocycles. The summed E-state index contributed by atoms with van der Waals surface area (Å²) in [5.41, 5.74) is 0.272. The lowest BCUT2D eigenvalue weighted by atomic mass is 9.72. The zero-order valence-corrected chi connectivity index (χ0v) is 16.8.